The van der Waals surface area contributed by atoms with Gasteiger partial charge in [-0.05, 0) is 49.9 Å². The Labute approximate surface area is 194 Å². The van der Waals surface area contributed by atoms with Gasteiger partial charge in [0.1, 0.15) is 11.2 Å². The van der Waals surface area contributed by atoms with Gasteiger partial charge >= 0.3 is 0 Å². The van der Waals surface area contributed by atoms with E-state index in [2.05, 4.69) is 16.6 Å². The average Bonchev–Trinajstić information content (AvgIpc) is 3.27. The molecule has 0 unspecified atom stereocenters. The molecule has 2 N–H and O–H groups in total. The van der Waals surface area contributed by atoms with Gasteiger partial charge < -0.3 is 15.2 Å². The molecule has 2 aromatic rings. The fourth-order valence-electron chi connectivity index (χ4n) is 4.62. The SMILES string of the molecule is C#CC1(NC(=O)C(=O)c2c(C)c(C(=O)Nc3ccc(C)c(Cl)c3)n3c2CCC3)CC(F)(F)C1. The van der Waals surface area contributed by atoms with Crippen molar-refractivity contribution in [3.05, 3.63) is 51.3 Å². The Morgan fingerprint density at radius 1 is 1.21 bits per heavy atom. The fourth-order valence-corrected chi connectivity index (χ4v) is 4.80. The minimum Gasteiger partial charge on any atom is -0.340 e. The van der Waals surface area contributed by atoms with E-state index in [4.69, 9.17) is 18.0 Å². The number of ketones is 1. The fraction of sp³-hybridized carbons (Fsp3) is 0.375. The van der Waals surface area contributed by atoms with Crippen molar-refractivity contribution in [1.82, 2.24) is 9.88 Å². The van der Waals surface area contributed by atoms with E-state index in [1.165, 1.54) is 0 Å². The summed E-state index contributed by atoms with van der Waals surface area (Å²) in [5.41, 5.74) is 1.14. The first-order valence-electron chi connectivity index (χ1n) is 10.5. The molecule has 0 radical (unpaired) electrons. The molecule has 0 atom stereocenters. The van der Waals surface area contributed by atoms with Crippen molar-refractivity contribution in [3.63, 3.8) is 0 Å². The molecule has 1 fully saturated rings. The van der Waals surface area contributed by atoms with E-state index >= 15 is 0 Å². The standard InChI is InChI=1S/C24H22ClF2N3O3/c1-4-23(11-24(26,27)12-23)29-22(33)20(31)18-14(3)19(30-9-5-6-17(18)30)21(32)28-15-8-7-13(2)16(25)10-15/h1,7-8,10H,5-6,9,11-12H2,2-3H3,(H,28,32)(H,29,33). The number of rotatable bonds is 5. The van der Waals surface area contributed by atoms with Crippen LogP contribution in [0.2, 0.25) is 5.02 Å². The van der Waals surface area contributed by atoms with E-state index < -0.39 is 41.9 Å². The Kier molecular flexibility index (Phi) is 5.57. The molecule has 172 valence electrons. The summed E-state index contributed by atoms with van der Waals surface area (Å²) in [7, 11) is 0. The van der Waals surface area contributed by atoms with E-state index in [-0.39, 0.29) is 11.3 Å². The first kappa shape index (κ1) is 23.0. The lowest BCUT2D eigenvalue weighted by molar-refractivity contribution is -0.133. The van der Waals surface area contributed by atoms with Crippen molar-refractivity contribution in [2.24, 2.45) is 0 Å². The second kappa shape index (κ2) is 7.99. The van der Waals surface area contributed by atoms with Crippen molar-refractivity contribution in [2.45, 2.75) is 57.5 Å². The molecule has 0 saturated heterocycles. The number of aryl methyl sites for hydroxylation is 1. The van der Waals surface area contributed by atoms with Crippen LogP contribution in [0.3, 0.4) is 0 Å². The van der Waals surface area contributed by atoms with Gasteiger partial charge in [0, 0.05) is 35.8 Å². The lowest BCUT2D eigenvalue weighted by Crippen LogP contribution is -2.62. The molecule has 2 amide bonds. The highest BCUT2D eigenvalue weighted by molar-refractivity contribution is 6.44. The first-order valence-corrected chi connectivity index (χ1v) is 10.9. The zero-order valence-corrected chi connectivity index (χ0v) is 18.9. The predicted octanol–water partition coefficient (Wildman–Crippen LogP) is 4.06. The maximum Gasteiger partial charge on any atom is 0.293 e. The Hall–Kier alpha value is -3.18. The molecule has 1 aliphatic carbocycles. The van der Waals surface area contributed by atoms with Gasteiger partial charge in [0.15, 0.2) is 0 Å². The number of halogens is 3. The predicted molar refractivity (Wildman–Crippen MR) is 120 cm³/mol. The third-order valence-corrected chi connectivity index (χ3v) is 6.65. The molecular weight excluding hydrogens is 452 g/mol. The lowest BCUT2D eigenvalue weighted by atomic mass is 9.74. The number of nitrogens with zero attached hydrogens (tertiary/aromatic N) is 1. The number of hydrogen-bond donors (Lipinski definition) is 2. The summed E-state index contributed by atoms with van der Waals surface area (Å²) < 4.78 is 28.5. The van der Waals surface area contributed by atoms with Gasteiger partial charge in [-0.2, -0.15) is 0 Å². The average molecular weight is 474 g/mol. The zero-order chi connectivity index (χ0) is 24.1. The maximum absolute atomic E-state index is 13.4. The number of carbonyl (C=O) groups is 3. The minimum absolute atomic E-state index is 0.121. The topological polar surface area (TPSA) is 80.2 Å². The zero-order valence-electron chi connectivity index (χ0n) is 18.2. The molecule has 1 aromatic carbocycles. The van der Waals surface area contributed by atoms with Gasteiger partial charge in [-0.25, -0.2) is 8.78 Å². The van der Waals surface area contributed by atoms with E-state index in [1.54, 1.807) is 29.7 Å². The summed E-state index contributed by atoms with van der Waals surface area (Å²) >= 11 is 6.14. The van der Waals surface area contributed by atoms with E-state index in [9.17, 15) is 23.2 Å². The van der Waals surface area contributed by atoms with Gasteiger partial charge in [-0.3, -0.25) is 14.4 Å². The third kappa shape index (κ3) is 4.02. The van der Waals surface area contributed by atoms with Crippen molar-refractivity contribution in [2.75, 3.05) is 5.32 Å². The number of amides is 2. The molecule has 6 nitrogen and oxygen atoms in total. The van der Waals surface area contributed by atoms with Crippen LogP contribution in [0.1, 0.15) is 56.9 Å². The van der Waals surface area contributed by atoms with Gasteiger partial charge in [0.2, 0.25) is 0 Å². The number of aromatic nitrogens is 1. The van der Waals surface area contributed by atoms with E-state index in [0.717, 1.165) is 5.56 Å². The van der Waals surface area contributed by atoms with E-state index in [0.29, 0.717) is 41.4 Å². The van der Waals surface area contributed by atoms with Gasteiger partial charge in [0.05, 0.1) is 5.56 Å². The molecule has 2 aliphatic rings. The van der Waals surface area contributed by atoms with Crippen LogP contribution in [0.4, 0.5) is 14.5 Å². The summed E-state index contributed by atoms with van der Waals surface area (Å²) in [6.07, 6.45) is 5.15. The molecule has 33 heavy (non-hydrogen) atoms. The van der Waals surface area contributed by atoms with Crippen LogP contribution in [-0.4, -0.2) is 33.6 Å². The quantitative estimate of drug-likeness (QED) is 0.390. The summed E-state index contributed by atoms with van der Waals surface area (Å²) in [5.74, 6) is -3.16. The maximum atomic E-state index is 13.4. The Morgan fingerprint density at radius 2 is 1.91 bits per heavy atom. The van der Waals surface area contributed by atoms with Gasteiger partial charge in [0.25, 0.3) is 23.5 Å². The Bertz CT molecular complexity index is 1230. The molecule has 4 rings (SSSR count). The molecule has 1 aliphatic heterocycles. The molecule has 0 spiro atoms. The summed E-state index contributed by atoms with van der Waals surface area (Å²) in [4.78, 5) is 38.9. The summed E-state index contributed by atoms with van der Waals surface area (Å²) in [6, 6.07) is 5.12. The van der Waals surface area contributed by atoms with Crippen molar-refractivity contribution < 1.29 is 23.2 Å². The number of nitrogens with one attached hydrogen (secondary N) is 2. The highest BCUT2D eigenvalue weighted by atomic mass is 35.5. The highest BCUT2D eigenvalue weighted by Gasteiger charge is 2.57. The Balaban J connectivity index is 1.61. The highest BCUT2D eigenvalue weighted by Crippen LogP contribution is 2.45. The summed E-state index contributed by atoms with van der Waals surface area (Å²) in [5, 5.41) is 5.60. The number of alkyl halides is 2. The van der Waals surface area contributed by atoms with Crippen LogP contribution < -0.4 is 10.6 Å². The van der Waals surface area contributed by atoms with Crippen LogP contribution in [0.15, 0.2) is 18.2 Å². The number of hydrogen-bond acceptors (Lipinski definition) is 3. The second-order valence-corrected chi connectivity index (χ2v) is 9.09. The largest absolute Gasteiger partial charge is 0.340 e. The number of terminal acetylenes is 1. The smallest absolute Gasteiger partial charge is 0.293 e. The van der Waals surface area contributed by atoms with Crippen LogP contribution in [0, 0.1) is 26.2 Å². The van der Waals surface area contributed by atoms with Crippen molar-refractivity contribution >= 4 is 34.9 Å². The molecule has 1 aromatic heterocycles. The molecule has 0 bridgehead atoms. The van der Waals surface area contributed by atoms with Crippen LogP contribution in [0.5, 0.6) is 0 Å². The van der Waals surface area contributed by atoms with Crippen LogP contribution in [-0.2, 0) is 17.8 Å². The Morgan fingerprint density at radius 3 is 2.52 bits per heavy atom. The molecule has 2 heterocycles. The number of benzene rings is 1. The molecule has 9 heteroatoms. The van der Waals surface area contributed by atoms with Gasteiger partial charge in [-0.1, -0.05) is 23.6 Å². The van der Waals surface area contributed by atoms with E-state index in [1.807, 2.05) is 6.92 Å². The van der Waals surface area contributed by atoms with Crippen LogP contribution in [0.25, 0.3) is 0 Å². The van der Waals surface area contributed by atoms with Crippen molar-refractivity contribution in [3.8, 4) is 12.3 Å². The second-order valence-electron chi connectivity index (χ2n) is 8.69. The van der Waals surface area contributed by atoms with Crippen LogP contribution >= 0.6 is 11.6 Å². The van der Waals surface area contributed by atoms with Crippen molar-refractivity contribution in [1.29, 1.82) is 0 Å². The minimum atomic E-state index is -2.97. The monoisotopic (exact) mass is 473 g/mol. The molecular formula is C24H22ClF2N3O3. The lowest BCUT2D eigenvalue weighted by Gasteiger charge is -2.43. The first-order chi connectivity index (χ1) is 15.5. The third-order valence-electron chi connectivity index (χ3n) is 6.24. The number of carbonyl (C=O) groups excluding carboxylic acids is 3. The molecule has 1 saturated carbocycles. The number of fused-ring (bicyclic) bond motifs is 1. The number of Topliss-reactive ketones (excluding diaryl/α,β-unsaturated/α-hetero) is 1. The van der Waals surface area contributed by atoms with Gasteiger partial charge in [-0.15, -0.1) is 6.42 Å². The normalized spacial score (nSPS) is 17.5. The summed E-state index contributed by atoms with van der Waals surface area (Å²) in [6.45, 7) is 3.95. The number of anilines is 1.